The molecule has 1 unspecified atom stereocenters. The predicted octanol–water partition coefficient (Wildman–Crippen LogP) is 4.71. The first-order chi connectivity index (χ1) is 17.1. The Hall–Kier alpha value is -3.08. The van der Waals surface area contributed by atoms with Gasteiger partial charge in [-0.25, -0.2) is 8.42 Å². The number of ether oxygens (including phenoxy) is 2. The summed E-state index contributed by atoms with van der Waals surface area (Å²) < 4.78 is 64.0. The molecule has 36 heavy (non-hydrogen) atoms. The highest BCUT2D eigenvalue weighted by atomic mass is 32.2. The molecule has 0 saturated heterocycles. The molecule has 0 aliphatic heterocycles. The average Bonchev–Trinajstić information content (AvgIpc) is 2.83. The number of benzene rings is 2. The standard InChI is InChI=1S/C26H27F2NO6S/c1-34-26(16-12-20(13-17-26)19-6-3-2-4-7-19)25(14-5-15-25)29(18-23(30)31)36(32,33)22-10-8-21(9-11-22)35-24(27)28/h2-4,6-13,16,24H,5,14-15,17-18H2,1H3,(H,30,31). The molecular weight excluding hydrogens is 492 g/mol. The number of nitrogens with zero attached hydrogens (tertiary/aromatic N) is 1. The van der Waals surface area contributed by atoms with Crippen molar-refractivity contribution in [3.05, 3.63) is 78.4 Å². The molecule has 4 rings (SSSR count). The topological polar surface area (TPSA) is 93.1 Å². The Balaban J connectivity index is 1.73. The van der Waals surface area contributed by atoms with Gasteiger partial charge in [0.15, 0.2) is 0 Å². The number of methoxy groups -OCH3 is 1. The predicted molar refractivity (Wildman–Crippen MR) is 129 cm³/mol. The van der Waals surface area contributed by atoms with Crippen LogP contribution in [0.15, 0.2) is 77.7 Å². The van der Waals surface area contributed by atoms with E-state index in [0.29, 0.717) is 25.7 Å². The van der Waals surface area contributed by atoms with Crippen LogP contribution in [0.25, 0.3) is 5.57 Å². The molecule has 192 valence electrons. The van der Waals surface area contributed by atoms with Crippen molar-refractivity contribution in [3.8, 4) is 5.75 Å². The Morgan fingerprint density at radius 2 is 1.78 bits per heavy atom. The van der Waals surface area contributed by atoms with Crippen LogP contribution in [0, 0.1) is 0 Å². The molecule has 1 atom stereocenters. The lowest BCUT2D eigenvalue weighted by molar-refractivity contribution is -0.146. The summed E-state index contributed by atoms with van der Waals surface area (Å²) in [5, 5.41) is 9.69. The van der Waals surface area contributed by atoms with Crippen LogP contribution in [0.2, 0.25) is 0 Å². The molecule has 1 saturated carbocycles. The summed E-state index contributed by atoms with van der Waals surface area (Å²) in [6, 6.07) is 14.2. The molecule has 0 aromatic heterocycles. The van der Waals surface area contributed by atoms with Gasteiger partial charge in [0.05, 0.1) is 10.4 Å². The largest absolute Gasteiger partial charge is 0.480 e. The van der Waals surface area contributed by atoms with Gasteiger partial charge >= 0.3 is 12.6 Å². The summed E-state index contributed by atoms with van der Waals surface area (Å²) >= 11 is 0. The maximum absolute atomic E-state index is 13.8. The average molecular weight is 520 g/mol. The third-order valence-electron chi connectivity index (χ3n) is 6.99. The molecule has 10 heteroatoms. The molecule has 0 heterocycles. The second-order valence-electron chi connectivity index (χ2n) is 8.80. The highest BCUT2D eigenvalue weighted by Crippen LogP contribution is 2.53. The van der Waals surface area contributed by atoms with Crippen LogP contribution in [0.1, 0.15) is 31.2 Å². The number of carbonyl (C=O) groups is 1. The molecule has 7 nitrogen and oxygen atoms in total. The zero-order chi connectivity index (χ0) is 26.0. The van der Waals surface area contributed by atoms with Gasteiger partial charge in [0.2, 0.25) is 10.0 Å². The van der Waals surface area contributed by atoms with Crippen molar-refractivity contribution in [2.24, 2.45) is 0 Å². The number of alkyl halides is 2. The van der Waals surface area contributed by atoms with Crippen molar-refractivity contribution < 1.29 is 36.6 Å². The Kier molecular flexibility index (Phi) is 7.31. The van der Waals surface area contributed by atoms with Crippen molar-refractivity contribution in [2.45, 2.75) is 48.3 Å². The molecule has 0 radical (unpaired) electrons. The maximum Gasteiger partial charge on any atom is 0.387 e. The van der Waals surface area contributed by atoms with Crippen LogP contribution >= 0.6 is 0 Å². The molecule has 0 bridgehead atoms. The monoisotopic (exact) mass is 519 g/mol. The van der Waals surface area contributed by atoms with Crippen LogP contribution in [0.5, 0.6) is 5.75 Å². The molecule has 2 aromatic carbocycles. The fourth-order valence-corrected chi connectivity index (χ4v) is 6.87. The van der Waals surface area contributed by atoms with Crippen LogP contribution in [0.3, 0.4) is 0 Å². The van der Waals surface area contributed by atoms with E-state index in [4.69, 9.17) is 4.74 Å². The quantitative estimate of drug-likeness (QED) is 0.489. The Morgan fingerprint density at radius 1 is 1.11 bits per heavy atom. The maximum atomic E-state index is 13.8. The van der Waals surface area contributed by atoms with Crippen molar-refractivity contribution in [2.75, 3.05) is 13.7 Å². The Bertz CT molecular complexity index is 1260. The summed E-state index contributed by atoms with van der Waals surface area (Å²) in [6.45, 7) is -3.83. The van der Waals surface area contributed by atoms with Crippen molar-refractivity contribution >= 4 is 21.6 Å². The molecule has 0 spiro atoms. The van der Waals surface area contributed by atoms with E-state index in [1.165, 1.54) is 7.11 Å². The van der Waals surface area contributed by atoms with E-state index < -0.39 is 40.3 Å². The first kappa shape index (κ1) is 26.0. The minimum Gasteiger partial charge on any atom is -0.480 e. The van der Waals surface area contributed by atoms with Gasteiger partial charge < -0.3 is 14.6 Å². The number of halogens is 2. The first-order valence-corrected chi connectivity index (χ1v) is 12.9. The zero-order valence-corrected chi connectivity index (χ0v) is 20.5. The molecule has 1 N–H and O–H groups in total. The van der Waals surface area contributed by atoms with E-state index in [1.807, 2.05) is 48.6 Å². The van der Waals surface area contributed by atoms with Gasteiger partial charge in [-0.3, -0.25) is 4.79 Å². The molecule has 0 amide bonds. The second-order valence-corrected chi connectivity index (χ2v) is 10.7. The van der Waals surface area contributed by atoms with E-state index in [0.717, 1.165) is 39.7 Å². The number of sulfonamides is 1. The number of hydrogen-bond acceptors (Lipinski definition) is 5. The van der Waals surface area contributed by atoms with Gasteiger partial charge in [-0.2, -0.15) is 13.1 Å². The molecular formula is C26H27F2NO6S. The van der Waals surface area contributed by atoms with Crippen molar-refractivity contribution in [3.63, 3.8) is 0 Å². The highest BCUT2D eigenvalue weighted by molar-refractivity contribution is 7.89. The summed E-state index contributed by atoms with van der Waals surface area (Å²) in [5.74, 6) is -1.51. The summed E-state index contributed by atoms with van der Waals surface area (Å²) in [6.07, 6.45) is 7.53. The normalized spacial score (nSPS) is 21.2. The fraction of sp³-hybridized carbons (Fsp3) is 0.346. The van der Waals surface area contributed by atoms with Crippen LogP contribution in [-0.2, 0) is 19.6 Å². The van der Waals surface area contributed by atoms with Crippen LogP contribution in [-0.4, -0.2) is 55.2 Å². The Labute approximate surface area is 208 Å². The van der Waals surface area contributed by atoms with Gasteiger partial charge in [0, 0.05) is 13.5 Å². The fourth-order valence-electron chi connectivity index (χ4n) is 5.06. The summed E-state index contributed by atoms with van der Waals surface area (Å²) in [7, 11) is -2.85. The van der Waals surface area contributed by atoms with Crippen LogP contribution < -0.4 is 4.74 Å². The number of allylic oxidation sites excluding steroid dienone is 2. The third kappa shape index (κ3) is 4.68. The highest BCUT2D eigenvalue weighted by Gasteiger charge is 2.61. The van der Waals surface area contributed by atoms with Gasteiger partial charge in [-0.1, -0.05) is 48.6 Å². The molecule has 2 aliphatic rings. The van der Waals surface area contributed by atoms with E-state index in [2.05, 4.69) is 4.74 Å². The number of rotatable bonds is 10. The van der Waals surface area contributed by atoms with Crippen LogP contribution in [0.4, 0.5) is 8.78 Å². The van der Waals surface area contributed by atoms with Gasteiger partial charge in [0.25, 0.3) is 0 Å². The number of carboxylic acids is 1. The summed E-state index contributed by atoms with van der Waals surface area (Å²) in [4.78, 5) is 11.7. The van der Waals surface area contributed by atoms with E-state index in [9.17, 15) is 27.1 Å². The van der Waals surface area contributed by atoms with Crippen molar-refractivity contribution in [1.29, 1.82) is 0 Å². The van der Waals surface area contributed by atoms with Gasteiger partial charge in [-0.15, -0.1) is 0 Å². The molecule has 2 aliphatic carbocycles. The third-order valence-corrected chi connectivity index (χ3v) is 8.92. The van der Waals surface area contributed by atoms with E-state index in [-0.39, 0.29) is 10.6 Å². The smallest absolute Gasteiger partial charge is 0.387 e. The lowest BCUT2D eigenvalue weighted by Crippen LogP contribution is -2.70. The first-order valence-electron chi connectivity index (χ1n) is 11.4. The molecule has 2 aromatic rings. The minimum atomic E-state index is -4.35. The number of hydrogen-bond donors (Lipinski definition) is 1. The van der Waals surface area contributed by atoms with Gasteiger partial charge in [0.1, 0.15) is 17.9 Å². The SMILES string of the molecule is COC1(C2(N(CC(=O)O)S(=O)(=O)c3ccc(OC(F)F)cc3)CCC2)C=CC(c2ccccc2)=CC1. The lowest BCUT2D eigenvalue weighted by Gasteiger charge is -2.58. The second kappa shape index (κ2) is 10.1. The van der Waals surface area contributed by atoms with Crippen molar-refractivity contribution in [1.82, 2.24) is 4.31 Å². The van der Waals surface area contributed by atoms with Gasteiger partial charge in [-0.05, 0) is 54.7 Å². The number of aliphatic carboxylic acids is 1. The van der Waals surface area contributed by atoms with E-state index in [1.54, 1.807) is 0 Å². The molecule has 1 fully saturated rings. The minimum absolute atomic E-state index is 0.200. The lowest BCUT2D eigenvalue weighted by atomic mass is 9.62. The van der Waals surface area contributed by atoms with E-state index >= 15 is 0 Å². The Morgan fingerprint density at radius 3 is 2.25 bits per heavy atom. The number of carboxylic acid groups (broad SMARTS) is 1. The zero-order valence-electron chi connectivity index (χ0n) is 19.6. The summed E-state index contributed by atoms with van der Waals surface area (Å²) in [5.41, 5.74) is -0.279.